The second-order valence-corrected chi connectivity index (χ2v) is 5.77. The summed E-state index contributed by atoms with van der Waals surface area (Å²) in [6.07, 6.45) is -4.16. The molecule has 1 aliphatic rings. The fourth-order valence-electron chi connectivity index (χ4n) is 1.70. The summed E-state index contributed by atoms with van der Waals surface area (Å²) < 4.78 is 50.8. The first kappa shape index (κ1) is 17.9. The van der Waals surface area contributed by atoms with Gasteiger partial charge >= 0.3 is 12.1 Å². The lowest BCUT2D eigenvalue weighted by Crippen LogP contribution is -2.26. The van der Waals surface area contributed by atoms with Crippen molar-refractivity contribution in [2.75, 3.05) is 0 Å². The third-order valence-electron chi connectivity index (χ3n) is 2.81. The summed E-state index contributed by atoms with van der Waals surface area (Å²) in [6.45, 7) is 0. The van der Waals surface area contributed by atoms with Gasteiger partial charge in [0.1, 0.15) is 11.1 Å². The standard InChI is InChI=1S/C13H9F4N3O3S/c14-8-3-7(13(15,16)17)2-1-6(8)5-18-20-12-19-11(23)9(24-12)4-10(21)22/h1-3,5,9H,4H2,(H,21,22)(H,19,20,23). The summed E-state index contributed by atoms with van der Waals surface area (Å²) in [6, 6.07) is 1.94. The summed E-state index contributed by atoms with van der Waals surface area (Å²) in [5.74, 6) is -2.82. The fraction of sp³-hybridized carbons (Fsp3) is 0.231. The number of rotatable bonds is 4. The van der Waals surface area contributed by atoms with Crippen LogP contribution in [0.1, 0.15) is 17.5 Å². The van der Waals surface area contributed by atoms with E-state index in [-0.39, 0.29) is 10.7 Å². The van der Waals surface area contributed by atoms with Gasteiger partial charge in [0.2, 0.25) is 5.91 Å². The predicted molar refractivity (Wildman–Crippen MR) is 78.2 cm³/mol. The van der Waals surface area contributed by atoms with Crippen molar-refractivity contribution in [3.63, 3.8) is 0 Å². The van der Waals surface area contributed by atoms with Gasteiger partial charge in [-0.05, 0) is 18.2 Å². The van der Waals surface area contributed by atoms with Crippen molar-refractivity contribution in [3.8, 4) is 0 Å². The molecule has 128 valence electrons. The number of aliphatic carboxylic acids is 1. The van der Waals surface area contributed by atoms with Crippen LogP contribution in [-0.2, 0) is 15.8 Å². The number of carboxylic acids is 1. The normalized spacial score (nSPS) is 19.9. The second kappa shape index (κ2) is 6.99. The highest BCUT2D eigenvalue weighted by Gasteiger charge is 2.32. The van der Waals surface area contributed by atoms with Gasteiger partial charge in [0.25, 0.3) is 0 Å². The van der Waals surface area contributed by atoms with Gasteiger partial charge in [0, 0.05) is 5.56 Å². The van der Waals surface area contributed by atoms with Crippen molar-refractivity contribution < 1.29 is 32.3 Å². The minimum absolute atomic E-state index is 0.0230. The molecule has 0 spiro atoms. The number of thioether (sulfide) groups is 1. The highest BCUT2D eigenvalue weighted by atomic mass is 32.2. The highest BCUT2D eigenvalue weighted by molar-refractivity contribution is 8.15. The Bertz CT molecular complexity index is 734. The first-order valence-corrected chi connectivity index (χ1v) is 7.22. The Morgan fingerprint density at radius 2 is 2.12 bits per heavy atom. The highest BCUT2D eigenvalue weighted by Crippen LogP contribution is 2.30. The van der Waals surface area contributed by atoms with E-state index in [1.165, 1.54) is 0 Å². The molecule has 24 heavy (non-hydrogen) atoms. The number of benzene rings is 1. The number of hydrogen-bond acceptors (Lipinski definition) is 5. The van der Waals surface area contributed by atoms with Crippen molar-refractivity contribution in [2.24, 2.45) is 10.2 Å². The summed E-state index contributed by atoms with van der Waals surface area (Å²) in [5.41, 5.74) is -1.35. The molecule has 1 saturated heterocycles. The van der Waals surface area contributed by atoms with Gasteiger partial charge < -0.3 is 10.4 Å². The van der Waals surface area contributed by atoms with E-state index in [2.05, 4.69) is 15.5 Å². The van der Waals surface area contributed by atoms with E-state index in [0.717, 1.165) is 24.0 Å². The van der Waals surface area contributed by atoms with Gasteiger partial charge in [0.05, 0.1) is 18.2 Å². The fourth-order valence-corrected chi connectivity index (χ4v) is 2.61. The van der Waals surface area contributed by atoms with E-state index < -0.39 is 41.1 Å². The molecule has 0 radical (unpaired) electrons. The zero-order valence-electron chi connectivity index (χ0n) is 11.7. The molecule has 1 aromatic rings. The Morgan fingerprint density at radius 1 is 1.42 bits per heavy atom. The van der Waals surface area contributed by atoms with Crippen LogP contribution >= 0.6 is 11.8 Å². The average Bonchev–Trinajstić information content (AvgIpc) is 2.79. The first-order valence-electron chi connectivity index (χ1n) is 6.34. The summed E-state index contributed by atoms with van der Waals surface area (Å²) in [5, 5.41) is 17.2. The number of halogens is 4. The number of amidine groups is 1. The maximum absolute atomic E-state index is 13.6. The summed E-state index contributed by atoms with van der Waals surface area (Å²) in [7, 11) is 0. The van der Waals surface area contributed by atoms with Gasteiger partial charge in [-0.3, -0.25) is 9.59 Å². The number of hydrogen-bond donors (Lipinski definition) is 2. The van der Waals surface area contributed by atoms with Gasteiger partial charge in [0.15, 0.2) is 5.17 Å². The third kappa shape index (κ3) is 4.54. The molecule has 2 N–H and O–H groups in total. The molecule has 1 aliphatic heterocycles. The summed E-state index contributed by atoms with van der Waals surface area (Å²) in [4.78, 5) is 22.0. The van der Waals surface area contributed by atoms with E-state index in [1.807, 2.05) is 0 Å². The largest absolute Gasteiger partial charge is 0.481 e. The zero-order chi connectivity index (χ0) is 17.9. The molecule has 2 rings (SSSR count). The number of nitrogens with zero attached hydrogens (tertiary/aromatic N) is 2. The number of carboxylic acid groups (broad SMARTS) is 1. The Hall–Kier alpha value is -2.43. The zero-order valence-corrected chi connectivity index (χ0v) is 12.5. The molecule has 0 bridgehead atoms. The van der Waals surface area contributed by atoms with E-state index in [0.29, 0.717) is 12.1 Å². The SMILES string of the molecule is O=C(O)CC1SC(=NN=Cc2ccc(C(F)(F)F)cc2F)NC1=O. The maximum atomic E-state index is 13.6. The smallest absolute Gasteiger partial charge is 0.416 e. The van der Waals surface area contributed by atoms with E-state index in [1.54, 1.807) is 0 Å². The van der Waals surface area contributed by atoms with Gasteiger partial charge in [-0.25, -0.2) is 4.39 Å². The predicted octanol–water partition coefficient (Wildman–Crippen LogP) is 2.24. The Morgan fingerprint density at radius 3 is 2.71 bits per heavy atom. The van der Waals surface area contributed by atoms with E-state index >= 15 is 0 Å². The quantitative estimate of drug-likeness (QED) is 0.488. The van der Waals surface area contributed by atoms with Crippen LogP contribution in [-0.4, -0.2) is 33.6 Å². The molecule has 1 aromatic carbocycles. The van der Waals surface area contributed by atoms with Crippen LogP contribution in [0.4, 0.5) is 17.6 Å². The number of carbonyl (C=O) groups excluding carboxylic acids is 1. The molecule has 1 fully saturated rings. The molecule has 0 saturated carbocycles. The topological polar surface area (TPSA) is 91.1 Å². The Balaban J connectivity index is 2.07. The number of carbonyl (C=O) groups is 2. The number of nitrogens with one attached hydrogen (secondary N) is 1. The molecule has 0 aliphatic carbocycles. The van der Waals surface area contributed by atoms with E-state index in [4.69, 9.17) is 5.11 Å². The van der Waals surface area contributed by atoms with Crippen molar-refractivity contribution in [3.05, 3.63) is 35.1 Å². The molecular formula is C13H9F4N3O3S. The van der Waals surface area contributed by atoms with Crippen molar-refractivity contribution in [2.45, 2.75) is 17.8 Å². The van der Waals surface area contributed by atoms with Crippen molar-refractivity contribution in [1.82, 2.24) is 5.32 Å². The first-order chi connectivity index (χ1) is 11.2. The average molecular weight is 363 g/mol. The lowest BCUT2D eigenvalue weighted by atomic mass is 10.1. The van der Waals surface area contributed by atoms with Crippen LogP contribution in [0.25, 0.3) is 0 Å². The van der Waals surface area contributed by atoms with Crippen LogP contribution in [0.15, 0.2) is 28.4 Å². The molecule has 11 heteroatoms. The summed E-state index contributed by atoms with van der Waals surface area (Å²) >= 11 is 0.845. The Labute approximate surface area is 136 Å². The van der Waals surface area contributed by atoms with Crippen molar-refractivity contribution in [1.29, 1.82) is 0 Å². The molecule has 6 nitrogen and oxygen atoms in total. The number of amides is 1. The van der Waals surface area contributed by atoms with Crippen LogP contribution < -0.4 is 5.32 Å². The lowest BCUT2D eigenvalue weighted by Gasteiger charge is -2.06. The molecule has 1 atom stereocenters. The Kier molecular flexibility index (Phi) is 5.22. The van der Waals surface area contributed by atoms with Crippen molar-refractivity contribution >= 4 is 35.0 Å². The minimum Gasteiger partial charge on any atom is -0.481 e. The van der Waals surface area contributed by atoms with Gasteiger partial charge in [-0.2, -0.15) is 18.3 Å². The van der Waals surface area contributed by atoms with E-state index in [9.17, 15) is 27.2 Å². The minimum atomic E-state index is -4.65. The molecule has 0 aromatic heterocycles. The van der Waals surface area contributed by atoms with Crippen LogP contribution in [0.3, 0.4) is 0 Å². The number of alkyl halides is 3. The lowest BCUT2D eigenvalue weighted by molar-refractivity contribution is -0.138. The monoisotopic (exact) mass is 363 g/mol. The van der Waals surface area contributed by atoms with Crippen LogP contribution in [0, 0.1) is 5.82 Å². The molecule has 1 amide bonds. The van der Waals surface area contributed by atoms with Crippen LogP contribution in [0.2, 0.25) is 0 Å². The second-order valence-electron chi connectivity index (χ2n) is 4.58. The maximum Gasteiger partial charge on any atom is 0.416 e. The third-order valence-corrected chi connectivity index (χ3v) is 3.88. The van der Waals surface area contributed by atoms with Gasteiger partial charge in [-0.15, -0.1) is 5.10 Å². The molecule has 1 unspecified atom stereocenters. The van der Waals surface area contributed by atoms with Crippen LogP contribution in [0.5, 0.6) is 0 Å². The molecule has 1 heterocycles. The molecular weight excluding hydrogens is 354 g/mol. The van der Waals surface area contributed by atoms with Gasteiger partial charge in [-0.1, -0.05) is 11.8 Å².